The molecule has 1 fully saturated rings. The minimum Gasteiger partial charge on any atom is -0.352 e. The van der Waals surface area contributed by atoms with E-state index < -0.39 is 6.04 Å². The molecule has 0 bridgehead atoms. The molecule has 4 heteroatoms. The third-order valence-corrected chi connectivity index (χ3v) is 3.94. The van der Waals surface area contributed by atoms with Crippen LogP contribution in [0.15, 0.2) is 43.0 Å². The van der Waals surface area contributed by atoms with Gasteiger partial charge in [-0.3, -0.25) is 9.69 Å². The van der Waals surface area contributed by atoms with E-state index in [0.717, 1.165) is 32.5 Å². The molecule has 21 heavy (non-hydrogen) atoms. The van der Waals surface area contributed by atoms with Gasteiger partial charge in [-0.1, -0.05) is 36.4 Å². The predicted molar refractivity (Wildman–Crippen MR) is 85.7 cm³/mol. The minimum atomic E-state index is -0.468. The number of carbonyl (C=O) groups excluding carboxylic acids is 1. The fourth-order valence-electron chi connectivity index (χ4n) is 2.67. The van der Waals surface area contributed by atoms with Crippen LogP contribution in [0.2, 0.25) is 0 Å². The number of benzene rings is 1. The fourth-order valence-corrected chi connectivity index (χ4v) is 2.67. The maximum absolute atomic E-state index is 11.9. The Balaban J connectivity index is 1.73. The number of piperidine rings is 1. The quantitative estimate of drug-likeness (QED) is 0.783. The molecule has 1 unspecified atom stereocenters. The van der Waals surface area contributed by atoms with Crippen molar-refractivity contribution in [3.63, 3.8) is 0 Å². The average Bonchev–Trinajstić information content (AvgIpc) is 2.50. The van der Waals surface area contributed by atoms with E-state index in [1.54, 1.807) is 6.08 Å². The number of nitrogens with two attached hydrogens (primary N) is 1. The summed E-state index contributed by atoms with van der Waals surface area (Å²) in [6.07, 6.45) is 4.18. The van der Waals surface area contributed by atoms with Gasteiger partial charge in [-0.2, -0.15) is 0 Å². The lowest BCUT2D eigenvalue weighted by Gasteiger charge is -2.32. The molecular formula is C17H25N3O. The molecule has 1 heterocycles. The number of hydrogen-bond donors (Lipinski definition) is 2. The van der Waals surface area contributed by atoms with E-state index in [4.69, 9.17) is 5.73 Å². The normalized spacial score (nSPS) is 18.1. The minimum absolute atomic E-state index is 0.0589. The molecule has 4 nitrogen and oxygen atoms in total. The van der Waals surface area contributed by atoms with Gasteiger partial charge in [-0.25, -0.2) is 0 Å². The molecule has 0 aliphatic carbocycles. The van der Waals surface area contributed by atoms with Crippen molar-refractivity contribution < 1.29 is 4.79 Å². The monoisotopic (exact) mass is 287 g/mol. The first kappa shape index (κ1) is 15.7. The Labute approximate surface area is 127 Å². The first-order valence-electron chi connectivity index (χ1n) is 7.62. The Morgan fingerprint density at radius 2 is 2.05 bits per heavy atom. The summed E-state index contributed by atoms with van der Waals surface area (Å²) in [5, 5.41) is 3.05. The van der Waals surface area contributed by atoms with Gasteiger partial charge >= 0.3 is 0 Å². The Kier molecular flexibility index (Phi) is 5.96. The van der Waals surface area contributed by atoms with Gasteiger partial charge in [0.25, 0.3) is 0 Å². The summed E-state index contributed by atoms with van der Waals surface area (Å²) < 4.78 is 0. The third-order valence-electron chi connectivity index (χ3n) is 3.94. The first-order valence-corrected chi connectivity index (χ1v) is 7.62. The van der Waals surface area contributed by atoms with Crippen molar-refractivity contribution in [3.8, 4) is 0 Å². The van der Waals surface area contributed by atoms with Crippen LogP contribution in [0.3, 0.4) is 0 Å². The van der Waals surface area contributed by atoms with Crippen molar-refractivity contribution in [1.82, 2.24) is 10.2 Å². The molecule has 0 spiro atoms. The van der Waals surface area contributed by atoms with Gasteiger partial charge in [-0.05, 0) is 24.8 Å². The number of likely N-dealkylation sites (tertiary alicyclic amines) is 1. The molecule has 1 aliphatic heterocycles. The van der Waals surface area contributed by atoms with Gasteiger partial charge in [-0.15, -0.1) is 6.58 Å². The summed E-state index contributed by atoms with van der Waals surface area (Å²) in [6, 6.07) is 10.3. The second kappa shape index (κ2) is 7.96. The van der Waals surface area contributed by atoms with Crippen LogP contribution in [0.4, 0.5) is 0 Å². The van der Waals surface area contributed by atoms with Crippen LogP contribution in [0.25, 0.3) is 0 Å². The number of amides is 1. The van der Waals surface area contributed by atoms with Crippen molar-refractivity contribution in [2.75, 3.05) is 13.1 Å². The zero-order valence-corrected chi connectivity index (χ0v) is 12.5. The smallest absolute Gasteiger partial charge is 0.237 e. The lowest BCUT2D eigenvalue weighted by atomic mass is 10.0. The molecule has 1 aromatic carbocycles. The third kappa shape index (κ3) is 4.99. The number of nitrogens with zero attached hydrogens (tertiary/aromatic N) is 1. The molecule has 2 rings (SSSR count). The molecule has 1 saturated heterocycles. The van der Waals surface area contributed by atoms with Crippen molar-refractivity contribution in [2.45, 2.75) is 37.9 Å². The highest BCUT2D eigenvalue weighted by atomic mass is 16.2. The number of carbonyl (C=O) groups is 1. The molecule has 1 aliphatic rings. The highest BCUT2D eigenvalue weighted by molar-refractivity contribution is 5.81. The van der Waals surface area contributed by atoms with Crippen LogP contribution in [0, 0.1) is 0 Å². The lowest BCUT2D eigenvalue weighted by molar-refractivity contribution is -0.123. The molecule has 0 saturated carbocycles. The van der Waals surface area contributed by atoms with Gasteiger partial charge in [0.2, 0.25) is 5.91 Å². The molecule has 1 amide bonds. The van der Waals surface area contributed by atoms with Gasteiger partial charge in [0.15, 0.2) is 0 Å². The second-order valence-electron chi connectivity index (χ2n) is 5.68. The maximum Gasteiger partial charge on any atom is 0.237 e. The van der Waals surface area contributed by atoms with E-state index in [2.05, 4.69) is 41.1 Å². The van der Waals surface area contributed by atoms with E-state index >= 15 is 0 Å². The number of nitrogens with one attached hydrogen (secondary N) is 1. The highest BCUT2D eigenvalue weighted by Crippen LogP contribution is 2.14. The van der Waals surface area contributed by atoms with E-state index in [1.807, 2.05) is 6.07 Å². The number of hydrogen-bond acceptors (Lipinski definition) is 3. The van der Waals surface area contributed by atoms with Crippen LogP contribution >= 0.6 is 0 Å². The zero-order chi connectivity index (χ0) is 15.1. The van der Waals surface area contributed by atoms with Crippen LogP contribution < -0.4 is 11.1 Å². The van der Waals surface area contributed by atoms with Crippen LogP contribution in [0.1, 0.15) is 24.8 Å². The lowest BCUT2D eigenvalue weighted by Crippen LogP contribution is -2.49. The largest absolute Gasteiger partial charge is 0.352 e. The topological polar surface area (TPSA) is 58.4 Å². The molecule has 114 valence electrons. The van der Waals surface area contributed by atoms with E-state index in [0.29, 0.717) is 6.42 Å². The summed E-state index contributed by atoms with van der Waals surface area (Å²) in [5.74, 6) is -0.0589. The van der Waals surface area contributed by atoms with E-state index in [1.165, 1.54) is 5.56 Å². The van der Waals surface area contributed by atoms with Crippen molar-refractivity contribution in [3.05, 3.63) is 48.6 Å². The molecule has 0 radical (unpaired) electrons. The first-order chi connectivity index (χ1) is 10.2. The molecule has 0 aromatic heterocycles. The highest BCUT2D eigenvalue weighted by Gasteiger charge is 2.22. The van der Waals surface area contributed by atoms with Gasteiger partial charge in [0.05, 0.1) is 6.04 Å². The summed E-state index contributed by atoms with van der Waals surface area (Å²) in [6.45, 7) is 6.62. The van der Waals surface area contributed by atoms with Crippen LogP contribution in [0.5, 0.6) is 0 Å². The van der Waals surface area contributed by atoms with Crippen LogP contribution in [-0.4, -0.2) is 36.0 Å². The Hall–Kier alpha value is -1.65. The Bertz CT molecular complexity index is 452. The van der Waals surface area contributed by atoms with Crippen molar-refractivity contribution >= 4 is 5.91 Å². The summed E-state index contributed by atoms with van der Waals surface area (Å²) in [4.78, 5) is 14.3. The van der Waals surface area contributed by atoms with Gasteiger partial charge < -0.3 is 11.1 Å². The van der Waals surface area contributed by atoms with Crippen LogP contribution in [-0.2, 0) is 11.3 Å². The van der Waals surface area contributed by atoms with E-state index in [9.17, 15) is 4.79 Å². The molecule has 1 atom stereocenters. The fraction of sp³-hybridized carbons (Fsp3) is 0.471. The Morgan fingerprint density at radius 3 is 2.67 bits per heavy atom. The van der Waals surface area contributed by atoms with Crippen molar-refractivity contribution in [1.29, 1.82) is 0 Å². The Morgan fingerprint density at radius 1 is 1.38 bits per heavy atom. The maximum atomic E-state index is 11.9. The molecule has 3 N–H and O–H groups in total. The zero-order valence-electron chi connectivity index (χ0n) is 12.5. The predicted octanol–water partition coefficient (Wildman–Crippen LogP) is 1.67. The van der Waals surface area contributed by atoms with Gasteiger partial charge in [0, 0.05) is 25.7 Å². The second-order valence-corrected chi connectivity index (χ2v) is 5.68. The van der Waals surface area contributed by atoms with Gasteiger partial charge in [0.1, 0.15) is 0 Å². The van der Waals surface area contributed by atoms with E-state index in [-0.39, 0.29) is 11.9 Å². The molecule has 1 aromatic rings. The van der Waals surface area contributed by atoms with Crippen molar-refractivity contribution in [2.24, 2.45) is 5.73 Å². The summed E-state index contributed by atoms with van der Waals surface area (Å²) in [5.41, 5.74) is 7.12. The standard InChI is InChI=1S/C17H25N3O/c1-2-6-16(18)17(21)19-15-9-11-20(12-10-15)13-14-7-4-3-5-8-14/h2-5,7-8,15-16H,1,6,9-13,18H2,(H,19,21). The summed E-state index contributed by atoms with van der Waals surface area (Å²) in [7, 11) is 0. The average molecular weight is 287 g/mol. The number of rotatable bonds is 6. The molecular weight excluding hydrogens is 262 g/mol. The SMILES string of the molecule is C=CCC(N)C(=O)NC1CCN(Cc2ccccc2)CC1. The summed E-state index contributed by atoms with van der Waals surface area (Å²) >= 11 is 0.